The van der Waals surface area contributed by atoms with Crippen molar-refractivity contribution in [2.24, 2.45) is 5.92 Å². The Labute approximate surface area is 110 Å². The number of nitrogens with zero attached hydrogens (tertiary/aromatic N) is 2. The predicted molar refractivity (Wildman–Crippen MR) is 68.5 cm³/mol. The van der Waals surface area contributed by atoms with Gasteiger partial charge in [-0.3, -0.25) is 4.79 Å². The van der Waals surface area contributed by atoms with Crippen molar-refractivity contribution >= 4 is 17.7 Å². The first-order chi connectivity index (χ1) is 8.60. The molecular formula is C13H14N2O2S. The number of thioether (sulfide) groups is 1. The Bertz CT molecular complexity index is 522. The summed E-state index contributed by atoms with van der Waals surface area (Å²) < 4.78 is 0. The van der Waals surface area contributed by atoms with E-state index in [1.165, 1.54) is 0 Å². The van der Waals surface area contributed by atoms with Crippen LogP contribution in [0.2, 0.25) is 0 Å². The molecule has 0 amide bonds. The number of hydrogen-bond acceptors (Lipinski definition) is 4. The topological polar surface area (TPSA) is 74.0 Å². The van der Waals surface area contributed by atoms with Crippen LogP contribution in [0.1, 0.15) is 30.2 Å². The Morgan fingerprint density at radius 2 is 2.50 bits per heavy atom. The molecule has 1 heterocycles. The van der Waals surface area contributed by atoms with Crippen LogP contribution in [0, 0.1) is 17.2 Å². The quantitative estimate of drug-likeness (QED) is 0.846. The van der Waals surface area contributed by atoms with Crippen LogP contribution in [0.15, 0.2) is 11.1 Å². The smallest absolute Gasteiger partial charge is 0.313 e. The molecular weight excluding hydrogens is 248 g/mol. The highest BCUT2D eigenvalue weighted by Crippen LogP contribution is 2.29. The average molecular weight is 262 g/mol. The molecule has 1 unspecified atom stereocenters. The van der Waals surface area contributed by atoms with Crippen LogP contribution in [-0.2, 0) is 17.6 Å². The first kappa shape index (κ1) is 12.9. The molecule has 18 heavy (non-hydrogen) atoms. The van der Waals surface area contributed by atoms with Gasteiger partial charge in [-0.1, -0.05) is 18.7 Å². The zero-order valence-electron chi connectivity index (χ0n) is 10.1. The first-order valence-electron chi connectivity index (χ1n) is 5.87. The molecule has 0 radical (unpaired) electrons. The Kier molecular flexibility index (Phi) is 3.87. The molecule has 0 spiro atoms. The Morgan fingerprint density at radius 1 is 1.72 bits per heavy atom. The van der Waals surface area contributed by atoms with Crippen molar-refractivity contribution in [1.82, 2.24) is 4.98 Å². The van der Waals surface area contributed by atoms with Gasteiger partial charge in [0.1, 0.15) is 11.1 Å². The van der Waals surface area contributed by atoms with E-state index in [4.69, 9.17) is 10.4 Å². The third-order valence-electron chi connectivity index (χ3n) is 3.05. The molecule has 1 N–H and O–H groups in total. The normalized spacial score (nSPS) is 17.9. The monoisotopic (exact) mass is 262 g/mol. The third kappa shape index (κ3) is 2.82. The number of carbonyl (C=O) groups is 1. The Balaban J connectivity index is 2.30. The lowest BCUT2D eigenvalue weighted by Crippen LogP contribution is -2.14. The second kappa shape index (κ2) is 5.40. The molecule has 0 fully saturated rings. The number of fused-ring (bicyclic) bond motifs is 1. The minimum atomic E-state index is -0.892. The zero-order chi connectivity index (χ0) is 13.1. The zero-order valence-corrected chi connectivity index (χ0v) is 11.0. The SMILES string of the molecule is CC1CCc2nc(SCC(=O)O)c(C#N)cc2C1. The van der Waals surface area contributed by atoms with Crippen LogP contribution in [0.5, 0.6) is 0 Å². The van der Waals surface area contributed by atoms with Crippen LogP contribution in [-0.4, -0.2) is 21.8 Å². The average Bonchev–Trinajstić information content (AvgIpc) is 2.35. The van der Waals surface area contributed by atoms with E-state index in [1.807, 2.05) is 6.07 Å². The number of rotatable bonds is 3. The summed E-state index contributed by atoms with van der Waals surface area (Å²) in [5.41, 5.74) is 2.67. The lowest BCUT2D eigenvalue weighted by Gasteiger charge is -2.21. The summed E-state index contributed by atoms with van der Waals surface area (Å²) in [6, 6.07) is 3.99. The molecule has 1 aromatic heterocycles. The summed E-state index contributed by atoms with van der Waals surface area (Å²) in [6.45, 7) is 2.20. The van der Waals surface area contributed by atoms with E-state index in [9.17, 15) is 4.79 Å². The number of pyridine rings is 1. The minimum Gasteiger partial charge on any atom is -0.481 e. The lowest BCUT2D eigenvalue weighted by atomic mass is 9.87. The number of carboxylic acid groups (broad SMARTS) is 1. The van der Waals surface area contributed by atoms with Crippen LogP contribution >= 0.6 is 11.8 Å². The van der Waals surface area contributed by atoms with E-state index in [2.05, 4.69) is 18.0 Å². The maximum atomic E-state index is 10.6. The van der Waals surface area contributed by atoms with Crippen LogP contribution in [0.3, 0.4) is 0 Å². The summed E-state index contributed by atoms with van der Waals surface area (Å²) >= 11 is 1.12. The molecule has 94 valence electrons. The standard InChI is InChI=1S/C13H14N2O2S/c1-8-2-3-11-9(4-8)5-10(6-14)13(15-11)18-7-12(16)17/h5,8H,2-4,7H2,1H3,(H,16,17). The van der Waals surface area contributed by atoms with Crippen molar-refractivity contribution in [3.05, 3.63) is 22.9 Å². The molecule has 2 rings (SSSR count). The van der Waals surface area contributed by atoms with Gasteiger partial charge in [-0.15, -0.1) is 0 Å². The summed E-state index contributed by atoms with van der Waals surface area (Å²) in [5, 5.41) is 18.3. The van der Waals surface area contributed by atoms with Gasteiger partial charge < -0.3 is 5.11 Å². The molecule has 4 nitrogen and oxygen atoms in total. The molecule has 0 saturated carbocycles. The van der Waals surface area contributed by atoms with Gasteiger partial charge in [0.2, 0.25) is 0 Å². The van der Waals surface area contributed by atoms with Gasteiger partial charge >= 0.3 is 5.97 Å². The van der Waals surface area contributed by atoms with Crippen LogP contribution in [0.25, 0.3) is 0 Å². The van der Waals surface area contributed by atoms with E-state index >= 15 is 0 Å². The van der Waals surface area contributed by atoms with E-state index in [0.29, 0.717) is 16.5 Å². The molecule has 1 aliphatic carbocycles. The van der Waals surface area contributed by atoms with Crippen molar-refractivity contribution in [1.29, 1.82) is 5.26 Å². The third-order valence-corrected chi connectivity index (χ3v) is 4.03. The van der Waals surface area contributed by atoms with Crippen molar-refractivity contribution in [3.63, 3.8) is 0 Å². The molecule has 1 atom stereocenters. The highest BCUT2D eigenvalue weighted by Gasteiger charge is 2.19. The maximum absolute atomic E-state index is 10.6. The number of aliphatic carboxylic acids is 1. The molecule has 0 aromatic carbocycles. The number of aromatic nitrogens is 1. The van der Waals surface area contributed by atoms with E-state index in [-0.39, 0.29) is 5.75 Å². The van der Waals surface area contributed by atoms with Crippen molar-refractivity contribution in [3.8, 4) is 6.07 Å². The lowest BCUT2D eigenvalue weighted by molar-refractivity contribution is -0.133. The van der Waals surface area contributed by atoms with Gasteiger partial charge in [-0.2, -0.15) is 5.26 Å². The van der Waals surface area contributed by atoms with Crippen molar-refractivity contribution in [2.45, 2.75) is 31.2 Å². The van der Waals surface area contributed by atoms with E-state index < -0.39 is 5.97 Å². The number of nitriles is 1. The van der Waals surface area contributed by atoms with Gasteiger partial charge in [-0.05, 0) is 36.8 Å². The molecule has 0 saturated heterocycles. The van der Waals surface area contributed by atoms with Crippen LogP contribution < -0.4 is 0 Å². The second-order valence-corrected chi connectivity index (χ2v) is 5.55. The predicted octanol–water partition coefficient (Wildman–Crippen LogP) is 2.25. The van der Waals surface area contributed by atoms with Gasteiger partial charge in [0.25, 0.3) is 0 Å². The van der Waals surface area contributed by atoms with E-state index in [1.54, 1.807) is 0 Å². The first-order valence-corrected chi connectivity index (χ1v) is 6.86. The highest BCUT2D eigenvalue weighted by molar-refractivity contribution is 7.99. The Morgan fingerprint density at radius 3 is 3.17 bits per heavy atom. The van der Waals surface area contributed by atoms with Gasteiger partial charge in [0, 0.05) is 5.69 Å². The van der Waals surface area contributed by atoms with Crippen LogP contribution in [0.4, 0.5) is 0 Å². The molecule has 5 heteroatoms. The number of carboxylic acids is 1. The number of hydrogen-bond donors (Lipinski definition) is 1. The fourth-order valence-corrected chi connectivity index (χ4v) is 2.84. The minimum absolute atomic E-state index is 0.0587. The fourth-order valence-electron chi connectivity index (χ4n) is 2.15. The largest absolute Gasteiger partial charge is 0.481 e. The highest BCUT2D eigenvalue weighted by atomic mass is 32.2. The summed E-state index contributed by atoms with van der Waals surface area (Å²) in [6.07, 6.45) is 2.98. The summed E-state index contributed by atoms with van der Waals surface area (Å²) in [7, 11) is 0. The van der Waals surface area contributed by atoms with Crippen molar-refractivity contribution < 1.29 is 9.90 Å². The molecule has 0 bridgehead atoms. The maximum Gasteiger partial charge on any atom is 0.313 e. The molecule has 1 aromatic rings. The number of aryl methyl sites for hydroxylation is 1. The Hall–Kier alpha value is -1.54. The van der Waals surface area contributed by atoms with Gasteiger partial charge in [0.15, 0.2) is 0 Å². The van der Waals surface area contributed by atoms with Gasteiger partial charge in [0.05, 0.1) is 11.3 Å². The molecule has 0 aliphatic heterocycles. The van der Waals surface area contributed by atoms with Gasteiger partial charge in [-0.25, -0.2) is 4.98 Å². The summed E-state index contributed by atoms with van der Waals surface area (Å²) in [4.78, 5) is 15.0. The second-order valence-electron chi connectivity index (χ2n) is 4.59. The molecule has 1 aliphatic rings. The summed E-state index contributed by atoms with van der Waals surface area (Å²) in [5.74, 6) is -0.322. The van der Waals surface area contributed by atoms with E-state index in [0.717, 1.165) is 42.3 Å². The fraction of sp³-hybridized carbons (Fsp3) is 0.462. The van der Waals surface area contributed by atoms with Crippen molar-refractivity contribution in [2.75, 3.05) is 5.75 Å².